The van der Waals surface area contributed by atoms with Crippen molar-refractivity contribution >= 4 is 33.9 Å². The summed E-state index contributed by atoms with van der Waals surface area (Å²) in [6.45, 7) is 1.92. The summed E-state index contributed by atoms with van der Waals surface area (Å²) in [6, 6.07) is 5.63. The van der Waals surface area contributed by atoms with Crippen LogP contribution in [0.3, 0.4) is 0 Å². The van der Waals surface area contributed by atoms with E-state index in [2.05, 4.69) is 4.98 Å². The molecule has 2 aromatic heterocycles. The van der Waals surface area contributed by atoms with Gasteiger partial charge >= 0.3 is 5.97 Å². The highest BCUT2D eigenvalue weighted by atomic mass is 35.5. The summed E-state index contributed by atoms with van der Waals surface area (Å²) >= 11 is 7.42. The Bertz CT molecular complexity index is 791. The number of hydrogen-bond acceptors (Lipinski definition) is 3. The molecule has 1 aromatic carbocycles. The van der Waals surface area contributed by atoms with Gasteiger partial charge in [0.15, 0.2) is 10.7 Å². The number of thiazole rings is 1. The van der Waals surface area contributed by atoms with Crippen molar-refractivity contribution in [1.82, 2.24) is 9.38 Å². The minimum absolute atomic E-state index is 0.166. The van der Waals surface area contributed by atoms with E-state index in [1.54, 1.807) is 4.40 Å². The monoisotopic (exact) mass is 292 g/mol. The molecule has 0 bridgehead atoms. The summed E-state index contributed by atoms with van der Waals surface area (Å²) in [7, 11) is 0. The Balaban J connectivity index is 2.27. The van der Waals surface area contributed by atoms with Gasteiger partial charge in [0.05, 0.1) is 11.9 Å². The molecular weight excluding hydrogens is 284 g/mol. The lowest BCUT2D eigenvalue weighted by Crippen LogP contribution is -2.01. The summed E-state index contributed by atoms with van der Waals surface area (Å²) in [6.07, 6.45) is 1.38. The van der Waals surface area contributed by atoms with Crippen LogP contribution in [0.4, 0.5) is 0 Å². The highest BCUT2D eigenvalue weighted by molar-refractivity contribution is 7.15. The van der Waals surface area contributed by atoms with Gasteiger partial charge < -0.3 is 5.11 Å². The van der Waals surface area contributed by atoms with Gasteiger partial charge in [-0.15, -0.1) is 11.3 Å². The zero-order chi connectivity index (χ0) is 13.6. The number of carboxylic acid groups (broad SMARTS) is 1. The van der Waals surface area contributed by atoms with Crippen molar-refractivity contribution in [3.8, 4) is 11.3 Å². The predicted molar refractivity (Wildman–Crippen MR) is 75.2 cm³/mol. The summed E-state index contributed by atoms with van der Waals surface area (Å²) in [5.74, 6) is -0.988. The number of imidazole rings is 1. The Morgan fingerprint density at radius 1 is 1.47 bits per heavy atom. The molecule has 96 valence electrons. The number of aromatic nitrogens is 2. The van der Waals surface area contributed by atoms with Crippen LogP contribution in [-0.2, 0) is 0 Å². The van der Waals surface area contributed by atoms with E-state index < -0.39 is 5.97 Å². The van der Waals surface area contributed by atoms with Crippen LogP contribution < -0.4 is 0 Å². The first-order valence-electron chi connectivity index (χ1n) is 5.52. The first-order chi connectivity index (χ1) is 9.08. The summed E-state index contributed by atoms with van der Waals surface area (Å²) in [4.78, 5) is 16.0. The molecule has 0 aliphatic heterocycles. The third-order valence-electron chi connectivity index (χ3n) is 2.92. The summed E-state index contributed by atoms with van der Waals surface area (Å²) in [5.41, 5.74) is 2.86. The molecule has 0 spiro atoms. The molecular formula is C13H9ClN2O2S. The first kappa shape index (κ1) is 12.2. The molecule has 0 saturated heterocycles. The van der Waals surface area contributed by atoms with Crippen LogP contribution in [0.1, 0.15) is 16.1 Å². The average Bonchev–Trinajstić information content (AvgIpc) is 2.93. The molecule has 0 aliphatic carbocycles. The maximum Gasteiger partial charge on any atom is 0.354 e. The average molecular weight is 293 g/mol. The molecule has 0 saturated carbocycles. The van der Waals surface area contributed by atoms with Gasteiger partial charge in [-0.1, -0.05) is 17.7 Å². The van der Waals surface area contributed by atoms with Gasteiger partial charge in [-0.3, -0.25) is 4.40 Å². The van der Waals surface area contributed by atoms with E-state index in [4.69, 9.17) is 11.6 Å². The molecule has 2 heterocycles. The van der Waals surface area contributed by atoms with E-state index in [1.807, 2.05) is 30.5 Å². The Kier molecular flexibility index (Phi) is 2.80. The zero-order valence-corrected chi connectivity index (χ0v) is 11.5. The molecule has 0 atom stereocenters. The van der Waals surface area contributed by atoms with Crippen molar-refractivity contribution in [2.75, 3.05) is 0 Å². The Hall–Kier alpha value is -1.85. The summed E-state index contributed by atoms with van der Waals surface area (Å²) in [5, 5.41) is 11.8. The van der Waals surface area contributed by atoms with Crippen molar-refractivity contribution < 1.29 is 9.90 Å². The lowest BCUT2D eigenvalue weighted by molar-refractivity contribution is 0.0689. The van der Waals surface area contributed by atoms with Crippen molar-refractivity contribution in [1.29, 1.82) is 0 Å². The fraction of sp³-hybridized carbons (Fsp3) is 0.0769. The van der Waals surface area contributed by atoms with Gasteiger partial charge in [0, 0.05) is 10.4 Å². The largest absolute Gasteiger partial charge is 0.477 e. The zero-order valence-electron chi connectivity index (χ0n) is 9.92. The van der Waals surface area contributed by atoms with E-state index >= 15 is 0 Å². The van der Waals surface area contributed by atoms with Crippen LogP contribution in [0.5, 0.6) is 0 Å². The molecule has 0 fully saturated rings. The van der Waals surface area contributed by atoms with Gasteiger partial charge in [-0.05, 0) is 30.2 Å². The Labute approximate surface area is 117 Å². The second-order valence-electron chi connectivity index (χ2n) is 4.15. The van der Waals surface area contributed by atoms with Crippen molar-refractivity contribution in [2.24, 2.45) is 0 Å². The third-order valence-corrected chi connectivity index (χ3v) is 4.18. The standard InChI is InChI=1S/C13H9ClN2O2S/c1-7-4-8(2-3-9(7)14)11-6-19-13-15-5-10(12(17)18)16(11)13/h2-6H,1H3,(H,17,18). The van der Waals surface area contributed by atoms with Crippen LogP contribution in [0, 0.1) is 6.92 Å². The fourth-order valence-corrected chi connectivity index (χ4v) is 2.96. The van der Waals surface area contributed by atoms with Crippen LogP contribution in [0.25, 0.3) is 16.2 Å². The minimum atomic E-state index is -0.988. The number of aromatic carboxylic acids is 1. The highest BCUT2D eigenvalue weighted by Gasteiger charge is 2.16. The number of nitrogens with zero attached hydrogens (tertiary/aromatic N) is 2. The van der Waals surface area contributed by atoms with Crippen LogP contribution in [-0.4, -0.2) is 20.5 Å². The topological polar surface area (TPSA) is 54.6 Å². The molecule has 3 rings (SSSR count). The molecule has 0 aliphatic rings. The van der Waals surface area contributed by atoms with Gasteiger partial charge in [0.1, 0.15) is 0 Å². The third kappa shape index (κ3) is 1.91. The fourth-order valence-electron chi connectivity index (χ4n) is 1.96. The molecule has 19 heavy (non-hydrogen) atoms. The predicted octanol–water partition coefficient (Wildman–Crippen LogP) is 3.72. The lowest BCUT2D eigenvalue weighted by Gasteiger charge is -2.04. The number of benzene rings is 1. The van der Waals surface area contributed by atoms with E-state index in [0.717, 1.165) is 16.8 Å². The van der Waals surface area contributed by atoms with E-state index in [9.17, 15) is 9.90 Å². The molecule has 0 unspecified atom stereocenters. The Morgan fingerprint density at radius 2 is 2.26 bits per heavy atom. The number of halogens is 1. The quantitative estimate of drug-likeness (QED) is 0.783. The number of carbonyl (C=O) groups is 1. The van der Waals surface area contributed by atoms with E-state index in [-0.39, 0.29) is 5.69 Å². The van der Waals surface area contributed by atoms with Crippen molar-refractivity contribution in [3.63, 3.8) is 0 Å². The molecule has 6 heteroatoms. The van der Waals surface area contributed by atoms with Crippen molar-refractivity contribution in [2.45, 2.75) is 6.92 Å². The van der Waals surface area contributed by atoms with Crippen molar-refractivity contribution in [3.05, 3.63) is 46.1 Å². The Morgan fingerprint density at radius 3 is 2.95 bits per heavy atom. The second kappa shape index (κ2) is 4.36. The van der Waals surface area contributed by atoms with Gasteiger partial charge in [0.2, 0.25) is 0 Å². The minimum Gasteiger partial charge on any atom is -0.477 e. The van der Waals surface area contributed by atoms with Crippen LogP contribution >= 0.6 is 22.9 Å². The maximum absolute atomic E-state index is 11.2. The SMILES string of the molecule is Cc1cc(-c2csc3ncc(C(=O)O)n23)ccc1Cl. The number of fused-ring (bicyclic) bond motifs is 1. The number of hydrogen-bond donors (Lipinski definition) is 1. The van der Waals surface area contributed by atoms with Gasteiger partial charge in [-0.2, -0.15) is 0 Å². The van der Waals surface area contributed by atoms with Crippen LogP contribution in [0.2, 0.25) is 5.02 Å². The van der Waals surface area contributed by atoms with E-state index in [0.29, 0.717) is 9.98 Å². The molecule has 3 aromatic rings. The maximum atomic E-state index is 11.2. The van der Waals surface area contributed by atoms with Gasteiger partial charge in [-0.25, -0.2) is 9.78 Å². The molecule has 0 amide bonds. The van der Waals surface area contributed by atoms with Gasteiger partial charge in [0.25, 0.3) is 0 Å². The van der Waals surface area contributed by atoms with Crippen LogP contribution in [0.15, 0.2) is 29.8 Å². The summed E-state index contributed by atoms with van der Waals surface area (Å²) < 4.78 is 1.65. The number of carboxylic acids is 1. The molecule has 4 nitrogen and oxygen atoms in total. The smallest absolute Gasteiger partial charge is 0.354 e. The van der Waals surface area contributed by atoms with E-state index in [1.165, 1.54) is 17.5 Å². The second-order valence-corrected chi connectivity index (χ2v) is 5.40. The highest BCUT2D eigenvalue weighted by Crippen LogP contribution is 2.29. The molecule has 1 N–H and O–H groups in total. The number of aryl methyl sites for hydroxylation is 1. The first-order valence-corrected chi connectivity index (χ1v) is 6.78. The number of rotatable bonds is 2. The molecule has 0 radical (unpaired) electrons. The lowest BCUT2D eigenvalue weighted by atomic mass is 10.1. The normalized spacial score (nSPS) is 11.1.